The summed E-state index contributed by atoms with van der Waals surface area (Å²) >= 11 is 0. The molecular formula is C16H26N2O3S. The summed E-state index contributed by atoms with van der Waals surface area (Å²) < 4.78 is 25.5. The molecule has 0 aromatic heterocycles. The lowest BCUT2D eigenvalue weighted by atomic mass is 10.1. The maximum absolute atomic E-state index is 12.2. The molecule has 6 heteroatoms. The number of sulfonamides is 1. The molecule has 0 heterocycles. The van der Waals surface area contributed by atoms with E-state index in [0.29, 0.717) is 12.2 Å². The Labute approximate surface area is 133 Å². The van der Waals surface area contributed by atoms with Crippen molar-refractivity contribution in [2.24, 2.45) is 0 Å². The fourth-order valence-electron chi connectivity index (χ4n) is 2.42. The van der Waals surface area contributed by atoms with Gasteiger partial charge in [-0.2, -0.15) is 0 Å². The molecule has 0 spiro atoms. The number of nitrogens with zero attached hydrogens (tertiary/aromatic N) is 1. The summed E-state index contributed by atoms with van der Waals surface area (Å²) in [5, 5.41) is 2.79. The van der Waals surface area contributed by atoms with Crippen molar-refractivity contribution in [3.05, 3.63) is 29.3 Å². The molecule has 1 amide bonds. The van der Waals surface area contributed by atoms with E-state index in [1.165, 1.54) is 4.31 Å². The van der Waals surface area contributed by atoms with Gasteiger partial charge in [0.05, 0.1) is 11.9 Å². The summed E-state index contributed by atoms with van der Waals surface area (Å²) in [4.78, 5) is 12.2. The Morgan fingerprint density at radius 3 is 2.23 bits per heavy atom. The molecule has 1 atom stereocenters. The monoisotopic (exact) mass is 326 g/mol. The van der Waals surface area contributed by atoms with E-state index in [9.17, 15) is 13.2 Å². The molecule has 5 nitrogen and oxygen atoms in total. The molecule has 0 fully saturated rings. The highest BCUT2D eigenvalue weighted by Gasteiger charge is 2.29. The van der Waals surface area contributed by atoms with Crippen molar-refractivity contribution in [3.8, 4) is 0 Å². The van der Waals surface area contributed by atoms with E-state index in [1.54, 1.807) is 19.1 Å². The van der Waals surface area contributed by atoms with Gasteiger partial charge in [-0.15, -0.1) is 0 Å². The number of rotatable bonds is 7. The normalized spacial score (nSPS) is 12.8. The first-order chi connectivity index (χ1) is 10.2. The van der Waals surface area contributed by atoms with E-state index < -0.39 is 16.1 Å². The molecule has 0 bridgehead atoms. The highest BCUT2D eigenvalue weighted by atomic mass is 32.2. The fourth-order valence-corrected chi connectivity index (χ4v) is 3.58. The van der Waals surface area contributed by atoms with Crippen molar-refractivity contribution in [2.75, 3.05) is 17.1 Å². The van der Waals surface area contributed by atoms with Crippen LogP contribution in [0.5, 0.6) is 0 Å². The largest absolute Gasteiger partial charge is 0.354 e. The second-order valence-electron chi connectivity index (χ2n) is 5.73. The topological polar surface area (TPSA) is 66.5 Å². The van der Waals surface area contributed by atoms with Crippen molar-refractivity contribution in [2.45, 2.75) is 46.6 Å². The number of hydrogen-bond donors (Lipinski definition) is 1. The molecule has 1 N–H and O–H groups in total. The van der Waals surface area contributed by atoms with E-state index in [4.69, 9.17) is 0 Å². The zero-order valence-corrected chi connectivity index (χ0v) is 14.8. The van der Waals surface area contributed by atoms with E-state index in [0.717, 1.165) is 30.2 Å². The van der Waals surface area contributed by atoms with Gasteiger partial charge in [0, 0.05) is 6.54 Å². The maximum Gasteiger partial charge on any atom is 0.243 e. The number of carbonyl (C=O) groups excluding carboxylic acids is 1. The summed E-state index contributed by atoms with van der Waals surface area (Å²) in [5.41, 5.74) is 2.45. The Balaban J connectivity index is 3.11. The molecule has 1 aromatic rings. The third kappa shape index (κ3) is 5.02. The van der Waals surface area contributed by atoms with Crippen LogP contribution < -0.4 is 9.62 Å². The Bertz CT molecular complexity index is 606. The number of hydrogen-bond acceptors (Lipinski definition) is 3. The van der Waals surface area contributed by atoms with Crippen LogP contribution in [0.1, 0.15) is 37.8 Å². The van der Waals surface area contributed by atoms with Crippen molar-refractivity contribution in [1.82, 2.24) is 5.32 Å². The van der Waals surface area contributed by atoms with Gasteiger partial charge in [0.2, 0.25) is 15.9 Å². The highest BCUT2D eigenvalue weighted by molar-refractivity contribution is 7.92. The summed E-state index contributed by atoms with van der Waals surface area (Å²) in [6, 6.07) is 4.75. The van der Waals surface area contributed by atoms with Gasteiger partial charge >= 0.3 is 0 Å². The minimum Gasteiger partial charge on any atom is -0.354 e. The van der Waals surface area contributed by atoms with Gasteiger partial charge in [-0.25, -0.2) is 8.42 Å². The summed E-state index contributed by atoms with van der Waals surface area (Å²) in [5.74, 6) is -0.280. The number of benzene rings is 1. The maximum atomic E-state index is 12.2. The van der Waals surface area contributed by atoms with Crippen molar-refractivity contribution in [3.63, 3.8) is 0 Å². The molecule has 0 saturated carbocycles. The van der Waals surface area contributed by atoms with Gasteiger partial charge in [0.15, 0.2) is 0 Å². The van der Waals surface area contributed by atoms with Crippen molar-refractivity contribution < 1.29 is 13.2 Å². The summed E-state index contributed by atoms with van der Waals surface area (Å²) in [7, 11) is -3.55. The molecule has 124 valence electrons. The lowest BCUT2D eigenvalue weighted by molar-refractivity contribution is -0.121. The van der Waals surface area contributed by atoms with Gasteiger partial charge in [-0.1, -0.05) is 19.4 Å². The van der Waals surface area contributed by atoms with Crippen LogP contribution in [0.25, 0.3) is 0 Å². The fraction of sp³-hybridized carbons (Fsp3) is 0.562. The average molecular weight is 326 g/mol. The SMILES string of the molecule is CCCCNC(=O)[C@H](C)N(c1cc(C)cc(C)c1)S(C)(=O)=O. The van der Waals surface area contributed by atoms with E-state index in [2.05, 4.69) is 5.32 Å². The third-order valence-electron chi connectivity index (χ3n) is 3.38. The minimum absolute atomic E-state index is 0.280. The second-order valence-corrected chi connectivity index (χ2v) is 7.58. The predicted octanol–water partition coefficient (Wildman–Crippen LogP) is 2.37. The van der Waals surface area contributed by atoms with E-state index in [-0.39, 0.29) is 5.91 Å². The van der Waals surface area contributed by atoms with E-state index >= 15 is 0 Å². The lowest BCUT2D eigenvalue weighted by Gasteiger charge is -2.28. The summed E-state index contributed by atoms with van der Waals surface area (Å²) in [6.07, 6.45) is 2.98. The number of nitrogens with one attached hydrogen (secondary N) is 1. The molecule has 22 heavy (non-hydrogen) atoms. The van der Waals surface area contributed by atoms with Crippen LogP contribution in [0.4, 0.5) is 5.69 Å². The number of carbonyl (C=O) groups is 1. The highest BCUT2D eigenvalue weighted by Crippen LogP contribution is 2.23. The number of amides is 1. The lowest BCUT2D eigenvalue weighted by Crippen LogP contribution is -2.48. The third-order valence-corrected chi connectivity index (χ3v) is 4.62. The number of unbranched alkanes of at least 4 members (excludes halogenated alkanes) is 1. The second kappa shape index (κ2) is 7.63. The van der Waals surface area contributed by atoms with Crippen molar-refractivity contribution >= 4 is 21.6 Å². The first-order valence-electron chi connectivity index (χ1n) is 7.52. The van der Waals surface area contributed by atoms with Gasteiger partial charge < -0.3 is 5.32 Å². The molecule has 0 aliphatic rings. The quantitative estimate of drug-likeness (QED) is 0.782. The Morgan fingerprint density at radius 1 is 1.23 bits per heavy atom. The van der Waals surface area contributed by atoms with Crippen LogP contribution in [0.3, 0.4) is 0 Å². The Morgan fingerprint density at radius 2 is 1.77 bits per heavy atom. The Kier molecular flexibility index (Phi) is 6.41. The zero-order valence-electron chi connectivity index (χ0n) is 14.0. The van der Waals surface area contributed by atoms with Crippen LogP contribution in [0.2, 0.25) is 0 Å². The molecule has 0 radical (unpaired) electrons. The van der Waals surface area contributed by atoms with Crippen molar-refractivity contribution in [1.29, 1.82) is 0 Å². The Hall–Kier alpha value is -1.56. The van der Waals surface area contributed by atoms with Crippen LogP contribution >= 0.6 is 0 Å². The number of anilines is 1. The first-order valence-corrected chi connectivity index (χ1v) is 9.37. The molecule has 1 aromatic carbocycles. The minimum atomic E-state index is -3.55. The van der Waals surface area contributed by atoms with Gasteiger partial charge in [0.25, 0.3) is 0 Å². The zero-order chi connectivity index (χ0) is 16.9. The first kappa shape index (κ1) is 18.5. The molecule has 0 saturated heterocycles. The molecule has 0 aliphatic heterocycles. The smallest absolute Gasteiger partial charge is 0.243 e. The summed E-state index contributed by atoms with van der Waals surface area (Å²) in [6.45, 7) is 8.02. The van der Waals surface area contributed by atoms with Crippen LogP contribution in [-0.4, -0.2) is 33.2 Å². The van der Waals surface area contributed by atoms with Gasteiger partial charge in [-0.3, -0.25) is 9.10 Å². The standard InChI is InChI=1S/C16H26N2O3S/c1-6-7-8-17-16(19)14(4)18(22(5,20)21)15-10-12(2)9-13(3)11-15/h9-11,14H,6-8H2,1-5H3,(H,17,19)/t14-/m0/s1. The number of aryl methyl sites for hydroxylation is 2. The van der Waals surface area contributed by atoms with Crippen LogP contribution in [-0.2, 0) is 14.8 Å². The van der Waals surface area contributed by atoms with Crippen LogP contribution in [0.15, 0.2) is 18.2 Å². The molecular weight excluding hydrogens is 300 g/mol. The predicted molar refractivity (Wildman–Crippen MR) is 90.6 cm³/mol. The van der Waals surface area contributed by atoms with Crippen LogP contribution in [0, 0.1) is 13.8 Å². The molecule has 0 unspecified atom stereocenters. The van der Waals surface area contributed by atoms with E-state index in [1.807, 2.05) is 26.8 Å². The van der Waals surface area contributed by atoms with Gasteiger partial charge in [-0.05, 0) is 50.5 Å². The molecule has 1 rings (SSSR count). The van der Waals surface area contributed by atoms with Gasteiger partial charge in [0.1, 0.15) is 6.04 Å². The average Bonchev–Trinajstić information content (AvgIpc) is 2.36. The molecule has 0 aliphatic carbocycles.